The monoisotopic (exact) mass is 248 g/mol. The van der Waals surface area contributed by atoms with E-state index in [1.807, 2.05) is 43.5 Å². The maximum Gasteiger partial charge on any atom is 0.119 e. The van der Waals surface area contributed by atoms with Gasteiger partial charge in [-0.25, -0.2) is 4.98 Å². The standard InChI is InChI=1S/C13H16N2OS/c1-11-15-10-13(17-11)9-14-7-8-16-12-5-3-2-4-6-12/h2-6,10,14H,7-9H2,1H3. The second kappa shape index (κ2) is 6.37. The zero-order valence-corrected chi connectivity index (χ0v) is 10.7. The van der Waals surface area contributed by atoms with Gasteiger partial charge >= 0.3 is 0 Å². The highest BCUT2D eigenvalue weighted by atomic mass is 32.1. The Labute approximate surface area is 105 Å². The summed E-state index contributed by atoms with van der Waals surface area (Å²) in [5.41, 5.74) is 0. The normalized spacial score (nSPS) is 10.4. The number of nitrogens with one attached hydrogen (secondary N) is 1. The van der Waals surface area contributed by atoms with Gasteiger partial charge in [0.05, 0.1) is 5.01 Å². The number of ether oxygens (including phenoxy) is 1. The van der Waals surface area contributed by atoms with Crippen molar-refractivity contribution in [3.8, 4) is 5.75 Å². The predicted molar refractivity (Wildman–Crippen MR) is 70.5 cm³/mol. The summed E-state index contributed by atoms with van der Waals surface area (Å²) in [5.74, 6) is 0.919. The number of aromatic nitrogens is 1. The van der Waals surface area contributed by atoms with Gasteiger partial charge in [-0.1, -0.05) is 18.2 Å². The second-order valence-electron chi connectivity index (χ2n) is 3.68. The van der Waals surface area contributed by atoms with Crippen LogP contribution in [0.25, 0.3) is 0 Å². The Morgan fingerprint density at radius 3 is 2.82 bits per heavy atom. The third-order valence-corrected chi connectivity index (χ3v) is 3.17. The maximum atomic E-state index is 5.57. The van der Waals surface area contributed by atoms with Crippen LogP contribution in [0, 0.1) is 6.92 Å². The average molecular weight is 248 g/mol. The minimum atomic E-state index is 0.682. The van der Waals surface area contributed by atoms with Crippen molar-refractivity contribution in [1.82, 2.24) is 10.3 Å². The van der Waals surface area contributed by atoms with Crippen molar-refractivity contribution in [3.05, 3.63) is 46.4 Å². The molecule has 2 aromatic rings. The number of para-hydroxylation sites is 1. The first-order valence-corrected chi connectivity index (χ1v) is 6.46. The molecule has 90 valence electrons. The van der Waals surface area contributed by atoms with Crippen molar-refractivity contribution in [2.75, 3.05) is 13.2 Å². The number of benzene rings is 1. The molecule has 1 aromatic carbocycles. The Balaban J connectivity index is 1.61. The minimum absolute atomic E-state index is 0.682. The molecule has 3 nitrogen and oxygen atoms in total. The van der Waals surface area contributed by atoms with Crippen molar-refractivity contribution in [1.29, 1.82) is 0 Å². The van der Waals surface area contributed by atoms with Crippen LogP contribution in [0.1, 0.15) is 9.88 Å². The lowest BCUT2D eigenvalue weighted by molar-refractivity contribution is 0.314. The molecular weight excluding hydrogens is 232 g/mol. The molecule has 1 heterocycles. The Morgan fingerprint density at radius 1 is 1.29 bits per heavy atom. The van der Waals surface area contributed by atoms with Crippen LogP contribution in [0.3, 0.4) is 0 Å². The van der Waals surface area contributed by atoms with Gasteiger partial charge in [-0.3, -0.25) is 0 Å². The van der Waals surface area contributed by atoms with E-state index >= 15 is 0 Å². The Kier molecular flexibility index (Phi) is 4.53. The van der Waals surface area contributed by atoms with Crippen LogP contribution < -0.4 is 10.1 Å². The van der Waals surface area contributed by atoms with Crippen molar-refractivity contribution in [2.45, 2.75) is 13.5 Å². The molecule has 1 aromatic heterocycles. The molecule has 0 aliphatic heterocycles. The number of thiazole rings is 1. The molecule has 1 N–H and O–H groups in total. The van der Waals surface area contributed by atoms with E-state index in [9.17, 15) is 0 Å². The van der Waals surface area contributed by atoms with E-state index < -0.39 is 0 Å². The van der Waals surface area contributed by atoms with Gasteiger partial charge in [-0.15, -0.1) is 11.3 Å². The summed E-state index contributed by atoms with van der Waals surface area (Å²) < 4.78 is 5.57. The molecule has 0 bridgehead atoms. The lowest BCUT2D eigenvalue weighted by Crippen LogP contribution is -2.20. The number of hydrogen-bond donors (Lipinski definition) is 1. The first kappa shape index (κ1) is 12.1. The summed E-state index contributed by atoms with van der Waals surface area (Å²) in [7, 11) is 0. The maximum absolute atomic E-state index is 5.57. The van der Waals surface area contributed by atoms with E-state index in [-0.39, 0.29) is 0 Å². The van der Waals surface area contributed by atoms with E-state index in [1.54, 1.807) is 11.3 Å². The first-order chi connectivity index (χ1) is 8.34. The van der Waals surface area contributed by atoms with Gasteiger partial charge in [0, 0.05) is 24.2 Å². The third kappa shape index (κ3) is 4.17. The topological polar surface area (TPSA) is 34.2 Å². The summed E-state index contributed by atoms with van der Waals surface area (Å²) in [4.78, 5) is 5.48. The van der Waals surface area contributed by atoms with E-state index in [2.05, 4.69) is 10.3 Å². The Hall–Kier alpha value is -1.39. The molecule has 0 atom stereocenters. The third-order valence-electron chi connectivity index (χ3n) is 2.26. The largest absolute Gasteiger partial charge is 0.492 e. The Morgan fingerprint density at radius 2 is 2.12 bits per heavy atom. The summed E-state index contributed by atoms with van der Waals surface area (Å²) in [6, 6.07) is 9.86. The SMILES string of the molecule is Cc1ncc(CNCCOc2ccccc2)s1. The number of hydrogen-bond acceptors (Lipinski definition) is 4. The summed E-state index contributed by atoms with van der Waals surface area (Å²) in [5, 5.41) is 4.44. The van der Waals surface area contributed by atoms with Crippen LogP contribution in [0.2, 0.25) is 0 Å². The fraction of sp³-hybridized carbons (Fsp3) is 0.308. The molecule has 0 amide bonds. The summed E-state index contributed by atoms with van der Waals surface area (Å²) >= 11 is 1.73. The molecule has 0 aliphatic carbocycles. The lowest BCUT2D eigenvalue weighted by atomic mass is 10.3. The van der Waals surface area contributed by atoms with Gasteiger partial charge in [0.1, 0.15) is 12.4 Å². The number of nitrogens with zero attached hydrogens (tertiary/aromatic N) is 1. The highest BCUT2D eigenvalue weighted by Gasteiger charge is 1.97. The summed E-state index contributed by atoms with van der Waals surface area (Å²) in [6.45, 7) is 4.41. The quantitative estimate of drug-likeness (QED) is 0.798. The van der Waals surface area contributed by atoms with Crippen LogP contribution >= 0.6 is 11.3 Å². The van der Waals surface area contributed by atoms with Gasteiger partial charge in [-0.2, -0.15) is 0 Å². The van der Waals surface area contributed by atoms with E-state index in [0.29, 0.717) is 6.61 Å². The van der Waals surface area contributed by atoms with Crippen LogP contribution in [0.15, 0.2) is 36.5 Å². The molecule has 0 spiro atoms. The molecule has 0 fully saturated rings. The molecule has 17 heavy (non-hydrogen) atoms. The first-order valence-electron chi connectivity index (χ1n) is 5.64. The van der Waals surface area contributed by atoms with Crippen LogP contribution in [-0.2, 0) is 6.54 Å². The van der Waals surface area contributed by atoms with E-state index in [4.69, 9.17) is 4.74 Å². The Bertz CT molecular complexity index is 442. The molecule has 2 rings (SSSR count). The van der Waals surface area contributed by atoms with Gasteiger partial charge in [0.25, 0.3) is 0 Å². The molecule has 0 aliphatic rings. The second-order valence-corrected chi connectivity index (χ2v) is 5.00. The predicted octanol–water partition coefficient (Wildman–Crippen LogP) is 2.62. The highest BCUT2D eigenvalue weighted by Crippen LogP contribution is 2.10. The van der Waals surface area contributed by atoms with Gasteiger partial charge < -0.3 is 10.1 Å². The van der Waals surface area contributed by atoms with Crippen molar-refractivity contribution < 1.29 is 4.74 Å². The number of rotatable bonds is 6. The molecule has 0 saturated heterocycles. The van der Waals surface area contributed by atoms with Crippen LogP contribution in [0.5, 0.6) is 5.75 Å². The minimum Gasteiger partial charge on any atom is -0.492 e. The number of aryl methyl sites for hydroxylation is 1. The molecule has 4 heteroatoms. The highest BCUT2D eigenvalue weighted by molar-refractivity contribution is 7.11. The summed E-state index contributed by atoms with van der Waals surface area (Å²) in [6.07, 6.45) is 1.92. The fourth-order valence-corrected chi connectivity index (χ4v) is 2.22. The van der Waals surface area contributed by atoms with Gasteiger partial charge in [-0.05, 0) is 19.1 Å². The van der Waals surface area contributed by atoms with Crippen LogP contribution in [-0.4, -0.2) is 18.1 Å². The van der Waals surface area contributed by atoms with Crippen molar-refractivity contribution in [3.63, 3.8) is 0 Å². The average Bonchev–Trinajstić information content (AvgIpc) is 2.76. The fourth-order valence-electron chi connectivity index (χ4n) is 1.46. The van der Waals surface area contributed by atoms with Crippen molar-refractivity contribution in [2.24, 2.45) is 0 Å². The van der Waals surface area contributed by atoms with E-state index in [1.165, 1.54) is 4.88 Å². The van der Waals surface area contributed by atoms with Gasteiger partial charge in [0.15, 0.2) is 0 Å². The zero-order chi connectivity index (χ0) is 11.9. The van der Waals surface area contributed by atoms with Gasteiger partial charge in [0.2, 0.25) is 0 Å². The van der Waals surface area contributed by atoms with Crippen molar-refractivity contribution >= 4 is 11.3 Å². The van der Waals surface area contributed by atoms with Crippen LogP contribution in [0.4, 0.5) is 0 Å². The molecule has 0 radical (unpaired) electrons. The van der Waals surface area contributed by atoms with E-state index in [0.717, 1.165) is 23.8 Å². The molecule has 0 unspecified atom stereocenters. The molecular formula is C13H16N2OS. The lowest BCUT2D eigenvalue weighted by Gasteiger charge is -2.06. The molecule has 0 saturated carbocycles. The zero-order valence-electron chi connectivity index (χ0n) is 9.85. The smallest absolute Gasteiger partial charge is 0.119 e.